The summed E-state index contributed by atoms with van der Waals surface area (Å²) >= 11 is 0. The van der Waals surface area contributed by atoms with Gasteiger partial charge in [0.05, 0.1) is 6.54 Å². The van der Waals surface area contributed by atoms with Gasteiger partial charge >= 0.3 is 6.09 Å². The molecule has 0 atom stereocenters. The Bertz CT molecular complexity index is 480. The van der Waals surface area contributed by atoms with Crippen LogP contribution in [0.1, 0.15) is 11.1 Å². The number of carboxylic acid groups (broad SMARTS) is 1. The predicted octanol–water partition coefficient (Wildman–Crippen LogP) is 2.49. The van der Waals surface area contributed by atoms with E-state index in [-0.39, 0.29) is 0 Å². The summed E-state index contributed by atoms with van der Waals surface area (Å²) in [5.41, 5.74) is 3.73. The first-order valence-corrected chi connectivity index (χ1v) is 5.61. The average molecular weight is 246 g/mol. The molecule has 0 unspecified atom stereocenters. The first-order valence-electron chi connectivity index (χ1n) is 5.61. The molecule has 0 aromatic heterocycles. The van der Waals surface area contributed by atoms with E-state index >= 15 is 0 Å². The van der Waals surface area contributed by atoms with Crippen LogP contribution in [0.3, 0.4) is 0 Å². The van der Waals surface area contributed by atoms with Gasteiger partial charge in [0.2, 0.25) is 0 Å². The largest absolute Gasteiger partial charge is 0.465 e. The second-order valence-electron chi connectivity index (χ2n) is 4.33. The van der Waals surface area contributed by atoms with Crippen molar-refractivity contribution in [2.75, 3.05) is 30.4 Å². The van der Waals surface area contributed by atoms with E-state index in [1.54, 1.807) is 0 Å². The molecule has 0 fully saturated rings. The zero-order valence-corrected chi connectivity index (χ0v) is 11.2. The fraction of sp³-hybridized carbons (Fsp3) is 0.357. The fourth-order valence-electron chi connectivity index (χ4n) is 2.06. The van der Waals surface area contributed by atoms with E-state index in [9.17, 15) is 4.79 Å². The molecule has 1 N–H and O–H groups in total. The van der Waals surface area contributed by atoms with Gasteiger partial charge < -0.3 is 10.0 Å². The Morgan fingerprint density at radius 1 is 1.33 bits per heavy atom. The molecule has 0 aliphatic rings. The lowest BCUT2D eigenvalue weighted by molar-refractivity contribution is 0.203. The van der Waals surface area contributed by atoms with Gasteiger partial charge in [0.15, 0.2) is 0 Å². The van der Waals surface area contributed by atoms with E-state index in [2.05, 4.69) is 5.92 Å². The summed E-state index contributed by atoms with van der Waals surface area (Å²) in [5.74, 6) is 2.60. The number of carbonyl (C=O) groups is 1. The van der Waals surface area contributed by atoms with Crippen LogP contribution in [0.25, 0.3) is 0 Å². The van der Waals surface area contributed by atoms with Crippen LogP contribution in [0.15, 0.2) is 12.1 Å². The van der Waals surface area contributed by atoms with Gasteiger partial charge in [-0.1, -0.05) is 5.92 Å². The van der Waals surface area contributed by atoms with Crippen molar-refractivity contribution < 1.29 is 9.90 Å². The second-order valence-corrected chi connectivity index (χ2v) is 4.33. The Hall–Kier alpha value is -2.15. The lowest BCUT2D eigenvalue weighted by Gasteiger charge is -2.24. The number of anilines is 2. The second kappa shape index (κ2) is 5.46. The van der Waals surface area contributed by atoms with Crippen LogP contribution in [-0.2, 0) is 0 Å². The number of rotatable bonds is 3. The molecule has 0 radical (unpaired) electrons. The van der Waals surface area contributed by atoms with Gasteiger partial charge in [-0.2, -0.15) is 0 Å². The number of nitrogens with zero attached hydrogens (tertiary/aromatic N) is 2. The molecule has 0 aliphatic heterocycles. The van der Waals surface area contributed by atoms with E-state index in [0.29, 0.717) is 12.2 Å². The number of aryl methyl sites for hydroxylation is 2. The lowest BCUT2D eigenvalue weighted by atomic mass is 10.1. The highest BCUT2D eigenvalue weighted by Crippen LogP contribution is 2.29. The third kappa shape index (κ3) is 2.75. The standard InChI is InChI=1S/C14H18N2O2/c1-6-7-15(4)13-10(2)8-12(9-11(13)3)16(5)14(17)18/h1,8-9H,7H2,2-5H3,(H,17,18). The molecule has 1 rings (SSSR count). The van der Waals surface area contributed by atoms with E-state index in [4.69, 9.17) is 11.5 Å². The molecule has 96 valence electrons. The molecule has 0 aliphatic carbocycles. The fourth-order valence-corrected chi connectivity index (χ4v) is 2.06. The van der Waals surface area contributed by atoms with Gasteiger partial charge in [-0.05, 0) is 37.1 Å². The minimum Gasteiger partial charge on any atom is -0.465 e. The number of benzene rings is 1. The highest BCUT2D eigenvalue weighted by Gasteiger charge is 2.13. The third-order valence-corrected chi connectivity index (χ3v) is 2.86. The van der Waals surface area contributed by atoms with Crippen LogP contribution < -0.4 is 9.80 Å². The lowest BCUT2D eigenvalue weighted by Crippen LogP contribution is -2.25. The summed E-state index contributed by atoms with van der Waals surface area (Å²) in [5, 5.41) is 8.97. The molecular formula is C14H18N2O2. The van der Waals surface area contributed by atoms with Gasteiger partial charge in [-0.3, -0.25) is 4.90 Å². The van der Waals surface area contributed by atoms with E-state index in [0.717, 1.165) is 16.8 Å². The van der Waals surface area contributed by atoms with Crippen LogP contribution in [0.4, 0.5) is 16.2 Å². The Morgan fingerprint density at radius 2 is 1.83 bits per heavy atom. The Labute approximate surface area is 108 Å². The maximum absolute atomic E-state index is 10.9. The zero-order chi connectivity index (χ0) is 13.9. The average Bonchev–Trinajstić information content (AvgIpc) is 2.27. The number of amides is 1. The molecule has 1 aromatic carbocycles. The van der Waals surface area contributed by atoms with Gasteiger partial charge in [0, 0.05) is 25.5 Å². The number of terminal acetylenes is 1. The summed E-state index contributed by atoms with van der Waals surface area (Å²) in [6.45, 7) is 4.43. The van der Waals surface area contributed by atoms with Crippen molar-refractivity contribution in [2.24, 2.45) is 0 Å². The normalized spacial score (nSPS) is 9.72. The molecule has 0 bridgehead atoms. The molecule has 1 aromatic rings. The van der Waals surface area contributed by atoms with Crippen LogP contribution in [0.5, 0.6) is 0 Å². The highest BCUT2D eigenvalue weighted by molar-refractivity contribution is 5.86. The monoisotopic (exact) mass is 246 g/mol. The van der Waals surface area contributed by atoms with Crippen LogP contribution in [-0.4, -0.2) is 31.8 Å². The van der Waals surface area contributed by atoms with Crippen molar-refractivity contribution in [3.8, 4) is 12.3 Å². The first kappa shape index (κ1) is 13.9. The summed E-state index contributed by atoms with van der Waals surface area (Å²) in [6, 6.07) is 3.70. The van der Waals surface area contributed by atoms with E-state index < -0.39 is 6.09 Å². The molecule has 0 heterocycles. The van der Waals surface area contributed by atoms with Crippen molar-refractivity contribution in [2.45, 2.75) is 13.8 Å². The summed E-state index contributed by atoms with van der Waals surface area (Å²) in [6.07, 6.45) is 4.33. The smallest absolute Gasteiger partial charge is 0.411 e. The maximum atomic E-state index is 10.9. The van der Waals surface area contributed by atoms with Crippen molar-refractivity contribution in [3.63, 3.8) is 0 Å². The van der Waals surface area contributed by atoms with Gasteiger partial charge in [0.1, 0.15) is 0 Å². The molecule has 4 heteroatoms. The number of hydrogen-bond acceptors (Lipinski definition) is 2. The topological polar surface area (TPSA) is 43.8 Å². The molecule has 4 nitrogen and oxygen atoms in total. The maximum Gasteiger partial charge on any atom is 0.411 e. The van der Waals surface area contributed by atoms with Crippen LogP contribution in [0, 0.1) is 26.2 Å². The minimum atomic E-state index is -0.974. The summed E-state index contributed by atoms with van der Waals surface area (Å²) < 4.78 is 0. The molecule has 1 amide bonds. The van der Waals surface area contributed by atoms with Crippen LogP contribution >= 0.6 is 0 Å². The van der Waals surface area contributed by atoms with Crippen molar-refractivity contribution in [3.05, 3.63) is 23.3 Å². The Kier molecular flexibility index (Phi) is 4.22. The van der Waals surface area contributed by atoms with Gasteiger partial charge in [0.25, 0.3) is 0 Å². The van der Waals surface area contributed by atoms with Crippen molar-refractivity contribution >= 4 is 17.5 Å². The Balaban J connectivity index is 3.21. The molecule has 18 heavy (non-hydrogen) atoms. The third-order valence-electron chi connectivity index (χ3n) is 2.86. The van der Waals surface area contributed by atoms with Crippen molar-refractivity contribution in [1.82, 2.24) is 0 Å². The summed E-state index contributed by atoms with van der Waals surface area (Å²) in [7, 11) is 3.46. The van der Waals surface area contributed by atoms with Gasteiger partial charge in [-0.15, -0.1) is 6.42 Å². The SMILES string of the molecule is C#CCN(C)c1c(C)cc(N(C)C(=O)O)cc1C. The quantitative estimate of drug-likeness (QED) is 0.833. The minimum absolute atomic E-state index is 0.524. The van der Waals surface area contributed by atoms with E-state index in [1.807, 2.05) is 37.9 Å². The molecule has 0 saturated carbocycles. The van der Waals surface area contributed by atoms with E-state index in [1.165, 1.54) is 11.9 Å². The zero-order valence-electron chi connectivity index (χ0n) is 11.2. The van der Waals surface area contributed by atoms with Crippen molar-refractivity contribution in [1.29, 1.82) is 0 Å². The Morgan fingerprint density at radius 3 is 2.22 bits per heavy atom. The highest BCUT2D eigenvalue weighted by atomic mass is 16.4. The predicted molar refractivity (Wildman–Crippen MR) is 74.4 cm³/mol. The molecular weight excluding hydrogens is 228 g/mol. The first-order chi connectivity index (χ1) is 8.38. The van der Waals surface area contributed by atoms with Gasteiger partial charge in [-0.25, -0.2) is 4.79 Å². The molecule has 0 saturated heterocycles. The summed E-state index contributed by atoms with van der Waals surface area (Å²) in [4.78, 5) is 14.1. The number of hydrogen-bond donors (Lipinski definition) is 1. The molecule has 0 spiro atoms. The van der Waals surface area contributed by atoms with Crippen LogP contribution in [0.2, 0.25) is 0 Å².